The van der Waals surface area contributed by atoms with Gasteiger partial charge in [-0.25, -0.2) is 0 Å². The summed E-state index contributed by atoms with van der Waals surface area (Å²) >= 11 is 10.4. The van der Waals surface area contributed by atoms with Gasteiger partial charge >= 0.3 is 0 Å². The zero-order chi connectivity index (χ0) is 11.5. The van der Waals surface area contributed by atoms with E-state index in [1.807, 2.05) is 24.3 Å². The molecular formula is C11H7Br3N2. The second-order valence-corrected chi connectivity index (χ2v) is 5.74. The molecule has 0 saturated carbocycles. The van der Waals surface area contributed by atoms with Crippen LogP contribution in [0, 0.1) is 0 Å². The van der Waals surface area contributed by atoms with Crippen LogP contribution in [0.4, 0.5) is 11.4 Å². The number of hydrogen-bond acceptors (Lipinski definition) is 2. The lowest BCUT2D eigenvalue weighted by Gasteiger charge is -2.10. The van der Waals surface area contributed by atoms with Gasteiger partial charge < -0.3 is 5.32 Å². The minimum Gasteiger partial charge on any atom is -0.352 e. The minimum atomic E-state index is 0.932. The van der Waals surface area contributed by atoms with Gasteiger partial charge in [0.1, 0.15) is 0 Å². The van der Waals surface area contributed by atoms with Crippen molar-refractivity contribution in [2.75, 3.05) is 5.32 Å². The zero-order valence-corrected chi connectivity index (χ0v) is 12.8. The van der Waals surface area contributed by atoms with E-state index in [0.29, 0.717) is 0 Å². The van der Waals surface area contributed by atoms with Crippen molar-refractivity contribution in [1.82, 2.24) is 4.98 Å². The summed E-state index contributed by atoms with van der Waals surface area (Å²) in [6, 6.07) is 7.91. The molecule has 0 spiro atoms. The molecule has 0 fully saturated rings. The number of para-hydroxylation sites is 1. The fourth-order valence-corrected chi connectivity index (χ4v) is 2.80. The van der Waals surface area contributed by atoms with Gasteiger partial charge in [-0.2, -0.15) is 0 Å². The Morgan fingerprint density at radius 3 is 2.31 bits per heavy atom. The Bertz CT molecular complexity index is 494. The molecule has 0 atom stereocenters. The molecule has 1 N–H and O–H groups in total. The Morgan fingerprint density at radius 2 is 1.69 bits per heavy atom. The Hall–Kier alpha value is -0.390. The number of nitrogens with zero attached hydrogens (tertiary/aromatic N) is 1. The molecule has 1 aromatic carbocycles. The molecule has 1 heterocycles. The van der Waals surface area contributed by atoms with Gasteiger partial charge in [-0.1, -0.05) is 6.07 Å². The van der Waals surface area contributed by atoms with Crippen molar-refractivity contribution in [2.45, 2.75) is 0 Å². The summed E-state index contributed by atoms with van der Waals surface area (Å²) < 4.78 is 2.95. The van der Waals surface area contributed by atoms with Crippen molar-refractivity contribution in [3.63, 3.8) is 0 Å². The third kappa shape index (κ3) is 2.84. The SMILES string of the molecule is Brc1cncc(Nc2c(Br)cccc2Br)c1. The third-order valence-electron chi connectivity index (χ3n) is 1.94. The standard InChI is InChI=1S/C11H7Br3N2/c12-7-4-8(6-15-5-7)16-11-9(13)2-1-3-10(11)14/h1-6,16H. The number of halogens is 3. The van der Waals surface area contributed by atoms with Crippen LogP contribution in [0.2, 0.25) is 0 Å². The summed E-state index contributed by atoms with van der Waals surface area (Å²) in [5.41, 5.74) is 1.92. The molecule has 2 nitrogen and oxygen atoms in total. The van der Waals surface area contributed by atoms with Crippen LogP contribution < -0.4 is 5.32 Å². The van der Waals surface area contributed by atoms with E-state index in [1.165, 1.54) is 0 Å². The van der Waals surface area contributed by atoms with Gasteiger partial charge in [0.05, 0.1) is 17.6 Å². The zero-order valence-electron chi connectivity index (χ0n) is 8.05. The smallest absolute Gasteiger partial charge is 0.0673 e. The van der Waals surface area contributed by atoms with Crippen LogP contribution in [0.1, 0.15) is 0 Å². The monoisotopic (exact) mass is 404 g/mol. The quantitative estimate of drug-likeness (QED) is 0.749. The van der Waals surface area contributed by atoms with E-state index in [-0.39, 0.29) is 0 Å². The molecule has 0 aliphatic heterocycles. The van der Waals surface area contributed by atoms with E-state index in [1.54, 1.807) is 12.4 Å². The molecule has 0 bridgehead atoms. The van der Waals surface area contributed by atoms with Crippen molar-refractivity contribution in [2.24, 2.45) is 0 Å². The third-order valence-corrected chi connectivity index (χ3v) is 3.69. The molecule has 1 aromatic heterocycles. The van der Waals surface area contributed by atoms with Crippen LogP contribution in [0.5, 0.6) is 0 Å². The summed E-state index contributed by atoms with van der Waals surface area (Å²) in [6.45, 7) is 0. The molecule has 0 aliphatic carbocycles. The van der Waals surface area contributed by atoms with Crippen LogP contribution in [-0.2, 0) is 0 Å². The lowest BCUT2D eigenvalue weighted by Crippen LogP contribution is -1.93. The molecule has 5 heteroatoms. The van der Waals surface area contributed by atoms with Crippen molar-refractivity contribution in [3.8, 4) is 0 Å². The number of rotatable bonds is 2. The van der Waals surface area contributed by atoms with Crippen molar-refractivity contribution in [1.29, 1.82) is 0 Å². The average molecular weight is 407 g/mol. The van der Waals surface area contributed by atoms with E-state index in [0.717, 1.165) is 24.8 Å². The fourth-order valence-electron chi connectivity index (χ4n) is 1.24. The molecule has 0 radical (unpaired) electrons. The average Bonchev–Trinajstić information content (AvgIpc) is 2.24. The molecule has 0 amide bonds. The normalized spacial score (nSPS) is 10.2. The maximum Gasteiger partial charge on any atom is 0.0673 e. The molecule has 0 unspecified atom stereocenters. The van der Waals surface area contributed by atoms with Crippen LogP contribution in [-0.4, -0.2) is 4.98 Å². The second-order valence-electron chi connectivity index (χ2n) is 3.11. The van der Waals surface area contributed by atoms with E-state index < -0.39 is 0 Å². The Kier molecular flexibility index (Phi) is 4.00. The van der Waals surface area contributed by atoms with Crippen LogP contribution in [0.25, 0.3) is 0 Å². The number of hydrogen-bond donors (Lipinski definition) is 1. The van der Waals surface area contributed by atoms with Crippen LogP contribution in [0.15, 0.2) is 50.1 Å². The van der Waals surface area contributed by atoms with Gasteiger partial charge in [-0.05, 0) is 66.0 Å². The summed E-state index contributed by atoms with van der Waals surface area (Å²) in [5.74, 6) is 0. The maximum atomic E-state index is 4.10. The number of anilines is 2. The second kappa shape index (κ2) is 5.29. The Balaban J connectivity index is 2.34. The van der Waals surface area contributed by atoms with Gasteiger partial charge in [-0.15, -0.1) is 0 Å². The van der Waals surface area contributed by atoms with Gasteiger partial charge in [0, 0.05) is 19.6 Å². The highest BCUT2D eigenvalue weighted by Crippen LogP contribution is 2.33. The van der Waals surface area contributed by atoms with Crippen LogP contribution in [0.3, 0.4) is 0 Å². The van der Waals surface area contributed by atoms with Crippen LogP contribution >= 0.6 is 47.8 Å². The Morgan fingerprint density at radius 1 is 1.00 bits per heavy atom. The lowest BCUT2D eigenvalue weighted by molar-refractivity contribution is 1.30. The number of nitrogens with one attached hydrogen (secondary N) is 1. The lowest BCUT2D eigenvalue weighted by atomic mass is 10.3. The first-order valence-corrected chi connectivity index (χ1v) is 6.86. The summed E-state index contributed by atoms with van der Waals surface area (Å²) in [5, 5.41) is 3.30. The van der Waals surface area contributed by atoms with Gasteiger partial charge in [0.25, 0.3) is 0 Å². The summed E-state index contributed by atoms with van der Waals surface area (Å²) in [4.78, 5) is 4.10. The predicted molar refractivity (Wildman–Crippen MR) is 77.1 cm³/mol. The molecule has 0 saturated heterocycles. The summed E-state index contributed by atoms with van der Waals surface area (Å²) in [7, 11) is 0. The first kappa shape index (κ1) is 12.1. The first-order valence-electron chi connectivity index (χ1n) is 4.48. The number of pyridine rings is 1. The highest BCUT2D eigenvalue weighted by molar-refractivity contribution is 9.11. The molecule has 2 aromatic rings. The van der Waals surface area contributed by atoms with E-state index in [4.69, 9.17) is 0 Å². The number of benzene rings is 1. The van der Waals surface area contributed by atoms with E-state index in [9.17, 15) is 0 Å². The molecular weight excluding hydrogens is 400 g/mol. The predicted octanol–water partition coefficient (Wildman–Crippen LogP) is 5.11. The first-order chi connectivity index (χ1) is 7.66. The van der Waals surface area contributed by atoms with Crippen molar-refractivity contribution < 1.29 is 0 Å². The molecule has 82 valence electrons. The van der Waals surface area contributed by atoms with Crippen molar-refractivity contribution >= 4 is 59.2 Å². The molecule has 16 heavy (non-hydrogen) atoms. The summed E-state index contributed by atoms with van der Waals surface area (Å²) in [6.07, 6.45) is 3.52. The minimum absolute atomic E-state index is 0.932. The molecule has 0 aliphatic rings. The maximum absolute atomic E-state index is 4.10. The fraction of sp³-hybridized carbons (Fsp3) is 0. The topological polar surface area (TPSA) is 24.9 Å². The van der Waals surface area contributed by atoms with Gasteiger partial charge in [0.2, 0.25) is 0 Å². The largest absolute Gasteiger partial charge is 0.352 e. The van der Waals surface area contributed by atoms with E-state index >= 15 is 0 Å². The number of aromatic nitrogens is 1. The Labute approximate surface area is 119 Å². The van der Waals surface area contributed by atoms with Crippen molar-refractivity contribution in [3.05, 3.63) is 50.1 Å². The van der Waals surface area contributed by atoms with Gasteiger partial charge in [0.15, 0.2) is 0 Å². The molecule has 2 rings (SSSR count). The van der Waals surface area contributed by atoms with Gasteiger partial charge in [-0.3, -0.25) is 4.98 Å². The van der Waals surface area contributed by atoms with E-state index in [2.05, 4.69) is 58.1 Å². The highest BCUT2D eigenvalue weighted by atomic mass is 79.9. The highest BCUT2D eigenvalue weighted by Gasteiger charge is 2.04.